The Labute approximate surface area is 201 Å². The van der Waals surface area contributed by atoms with Gasteiger partial charge in [0.1, 0.15) is 6.61 Å². The lowest BCUT2D eigenvalue weighted by Gasteiger charge is -2.36. The Balaban J connectivity index is 1.17. The molecule has 0 radical (unpaired) electrons. The van der Waals surface area contributed by atoms with Crippen LogP contribution in [-0.4, -0.2) is 44.7 Å². The van der Waals surface area contributed by atoms with E-state index in [1.807, 2.05) is 12.1 Å². The fraction of sp³-hybridized carbons (Fsp3) is 0.357. The highest BCUT2D eigenvalue weighted by atomic mass is 35.5. The first-order valence-corrected chi connectivity index (χ1v) is 12.2. The minimum Gasteiger partial charge on any atom is -0.493 e. The van der Waals surface area contributed by atoms with E-state index in [1.165, 1.54) is 40.8 Å². The molecule has 0 N–H and O–H groups in total. The minimum atomic E-state index is 0.602. The summed E-state index contributed by atoms with van der Waals surface area (Å²) in [5, 5.41) is 0.797. The molecule has 2 heterocycles. The van der Waals surface area contributed by atoms with E-state index in [1.54, 1.807) is 7.11 Å². The van der Waals surface area contributed by atoms with Crippen molar-refractivity contribution in [3.05, 3.63) is 76.8 Å². The van der Waals surface area contributed by atoms with E-state index in [-0.39, 0.29) is 0 Å². The van der Waals surface area contributed by atoms with Gasteiger partial charge in [0, 0.05) is 42.5 Å². The van der Waals surface area contributed by atoms with E-state index in [0.29, 0.717) is 6.61 Å². The van der Waals surface area contributed by atoms with Crippen LogP contribution < -0.4 is 14.4 Å². The van der Waals surface area contributed by atoms with Gasteiger partial charge in [0.05, 0.1) is 7.11 Å². The van der Waals surface area contributed by atoms with Crippen molar-refractivity contribution in [2.45, 2.75) is 25.9 Å². The van der Waals surface area contributed by atoms with Gasteiger partial charge < -0.3 is 14.4 Å². The maximum absolute atomic E-state index is 6.12. The molecular weight excluding hydrogens is 432 g/mol. The van der Waals surface area contributed by atoms with Gasteiger partial charge in [0.2, 0.25) is 0 Å². The minimum absolute atomic E-state index is 0.602. The average molecular weight is 463 g/mol. The van der Waals surface area contributed by atoms with Crippen molar-refractivity contribution in [2.24, 2.45) is 0 Å². The third-order valence-corrected chi connectivity index (χ3v) is 7.07. The predicted octanol–water partition coefficient (Wildman–Crippen LogP) is 6.05. The zero-order valence-electron chi connectivity index (χ0n) is 19.2. The standard InChI is InChI=1S/C28H31ClN2O2/c1-32-26-14-9-21(27-25-8-3-2-7-22(25)20-33-28(26)27)6-4-5-15-30-16-18-31(19-17-30)24-12-10-23(29)11-13-24/h2-3,7-14H,4-6,15-20H2,1H3. The number of ether oxygens (including phenoxy) is 2. The van der Waals surface area contributed by atoms with Crippen LogP contribution in [0.2, 0.25) is 5.02 Å². The van der Waals surface area contributed by atoms with Crippen LogP contribution in [0.3, 0.4) is 0 Å². The predicted molar refractivity (Wildman–Crippen MR) is 136 cm³/mol. The molecule has 172 valence electrons. The Morgan fingerprint density at radius 3 is 2.48 bits per heavy atom. The second kappa shape index (κ2) is 10.1. The summed E-state index contributed by atoms with van der Waals surface area (Å²) in [7, 11) is 1.71. The Morgan fingerprint density at radius 1 is 0.909 bits per heavy atom. The van der Waals surface area contributed by atoms with Crippen molar-refractivity contribution in [1.29, 1.82) is 0 Å². The second-order valence-electron chi connectivity index (χ2n) is 8.84. The van der Waals surface area contributed by atoms with Crippen molar-refractivity contribution in [1.82, 2.24) is 4.90 Å². The molecule has 3 aromatic carbocycles. The third-order valence-electron chi connectivity index (χ3n) is 6.82. The molecule has 5 heteroatoms. The molecule has 1 saturated heterocycles. The van der Waals surface area contributed by atoms with Crippen molar-refractivity contribution in [3.8, 4) is 22.6 Å². The zero-order valence-corrected chi connectivity index (χ0v) is 20.0. The van der Waals surface area contributed by atoms with E-state index in [4.69, 9.17) is 21.1 Å². The summed E-state index contributed by atoms with van der Waals surface area (Å²) in [5.41, 5.74) is 6.37. The number of halogens is 1. The number of aryl methyl sites for hydroxylation is 1. The Morgan fingerprint density at radius 2 is 1.70 bits per heavy atom. The van der Waals surface area contributed by atoms with E-state index < -0.39 is 0 Å². The van der Waals surface area contributed by atoms with Gasteiger partial charge in [-0.2, -0.15) is 0 Å². The molecule has 0 aromatic heterocycles. The van der Waals surface area contributed by atoms with Crippen LogP contribution in [0.4, 0.5) is 5.69 Å². The summed E-state index contributed by atoms with van der Waals surface area (Å²) >= 11 is 6.03. The molecular formula is C28H31ClN2O2. The molecule has 3 aromatic rings. The molecule has 0 aliphatic carbocycles. The molecule has 0 unspecified atom stereocenters. The lowest BCUT2D eigenvalue weighted by Crippen LogP contribution is -2.46. The maximum atomic E-state index is 6.12. The molecule has 0 amide bonds. The van der Waals surface area contributed by atoms with Gasteiger partial charge in [0.15, 0.2) is 11.5 Å². The van der Waals surface area contributed by atoms with E-state index >= 15 is 0 Å². The molecule has 5 rings (SSSR count). The zero-order chi connectivity index (χ0) is 22.6. The number of benzene rings is 3. The van der Waals surface area contributed by atoms with Gasteiger partial charge in [-0.3, -0.25) is 4.90 Å². The number of fused-ring (bicyclic) bond motifs is 3. The van der Waals surface area contributed by atoms with Gasteiger partial charge in [-0.25, -0.2) is 0 Å². The van der Waals surface area contributed by atoms with Gasteiger partial charge in [-0.15, -0.1) is 0 Å². The van der Waals surface area contributed by atoms with Crippen molar-refractivity contribution in [3.63, 3.8) is 0 Å². The monoisotopic (exact) mass is 462 g/mol. The molecule has 0 spiro atoms. The Hall–Kier alpha value is -2.69. The quantitative estimate of drug-likeness (QED) is 0.399. The maximum Gasteiger partial charge on any atom is 0.169 e. The van der Waals surface area contributed by atoms with Gasteiger partial charge in [-0.1, -0.05) is 41.9 Å². The number of hydrogen-bond acceptors (Lipinski definition) is 4. The van der Waals surface area contributed by atoms with Crippen LogP contribution in [0.25, 0.3) is 11.1 Å². The average Bonchev–Trinajstić information content (AvgIpc) is 2.87. The van der Waals surface area contributed by atoms with Crippen LogP contribution >= 0.6 is 11.6 Å². The number of unbranched alkanes of at least 4 members (excludes halogenated alkanes) is 1. The molecule has 0 atom stereocenters. The second-order valence-corrected chi connectivity index (χ2v) is 9.28. The number of piperazine rings is 1. The molecule has 2 aliphatic rings. The summed E-state index contributed by atoms with van der Waals surface area (Å²) in [6, 6.07) is 21.0. The number of anilines is 1. The van der Waals surface area contributed by atoms with Crippen LogP contribution in [0.1, 0.15) is 24.0 Å². The summed E-state index contributed by atoms with van der Waals surface area (Å²) < 4.78 is 11.7. The van der Waals surface area contributed by atoms with Crippen LogP contribution in [0, 0.1) is 0 Å². The van der Waals surface area contributed by atoms with E-state index in [2.05, 4.69) is 58.3 Å². The van der Waals surface area contributed by atoms with Gasteiger partial charge in [-0.05, 0) is 72.8 Å². The van der Waals surface area contributed by atoms with Crippen LogP contribution in [0.5, 0.6) is 11.5 Å². The number of nitrogens with zero attached hydrogens (tertiary/aromatic N) is 2. The highest BCUT2D eigenvalue weighted by Crippen LogP contribution is 2.45. The van der Waals surface area contributed by atoms with Crippen LogP contribution in [-0.2, 0) is 13.0 Å². The summed E-state index contributed by atoms with van der Waals surface area (Å²) in [5.74, 6) is 1.72. The molecule has 0 saturated carbocycles. The summed E-state index contributed by atoms with van der Waals surface area (Å²) in [6.07, 6.45) is 3.41. The first kappa shape index (κ1) is 22.1. The molecule has 33 heavy (non-hydrogen) atoms. The van der Waals surface area contributed by atoms with Crippen molar-refractivity contribution < 1.29 is 9.47 Å². The highest BCUT2D eigenvalue weighted by Gasteiger charge is 2.23. The Bertz CT molecular complexity index is 1090. The van der Waals surface area contributed by atoms with Gasteiger partial charge >= 0.3 is 0 Å². The molecule has 1 fully saturated rings. The number of hydrogen-bond donors (Lipinski definition) is 0. The molecule has 4 nitrogen and oxygen atoms in total. The van der Waals surface area contributed by atoms with Crippen molar-refractivity contribution >= 4 is 17.3 Å². The molecule has 2 aliphatic heterocycles. The summed E-state index contributed by atoms with van der Waals surface area (Å²) in [4.78, 5) is 5.04. The lowest BCUT2D eigenvalue weighted by atomic mass is 9.90. The molecule has 0 bridgehead atoms. The van der Waals surface area contributed by atoms with Crippen LogP contribution in [0.15, 0.2) is 60.7 Å². The normalized spacial score (nSPS) is 15.5. The largest absolute Gasteiger partial charge is 0.493 e. The van der Waals surface area contributed by atoms with E-state index in [9.17, 15) is 0 Å². The lowest BCUT2D eigenvalue weighted by molar-refractivity contribution is 0.253. The van der Waals surface area contributed by atoms with E-state index in [0.717, 1.165) is 55.7 Å². The highest BCUT2D eigenvalue weighted by molar-refractivity contribution is 6.30. The fourth-order valence-electron chi connectivity index (χ4n) is 4.98. The van der Waals surface area contributed by atoms with Crippen molar-refractivity contribution in [2.75, 3.05) is 44.7 Å². The first-order chi connectivity index (χ1) is 16.2. The Kier molecular flexibility index (Phi) is 6.75. The number of methoxy groups -OCH3 is 1. The third kappa shape index (κ3) is 4.83. The SMILES string of the molecule is COc1ccc(CCCCN2CCN(c3ccc(Cl)cc3)CC2)c2c1OCc1ccccc1-2. The van der Waals surface area contributed by atoms with Gasteiger partial charge in [0.25, 0.3) is 0 Å². The smallest absolute Gasteiger partial charge is 0.169 e. The number of rotatable bonds is 7. The first-order valence-electron chi connectivity index (χ1n) is 11.9. The summed E-state index contributed by atoms with van der Waals surface area (Å²) in [6.45, 7) is 6.12. The fourth-order valence-corrected chi connectivity index (χ4v) is 5.11. The topological polar surface area (TPSA) is 24.9 Å².